The number of benzene rings is 2. The second-order valence-electron chi connectivity index (χ2n) is 6.60. The van der Waals surface area contributed by atoms with Crippen molar-refractivity contribution < 1.29 is 9.84 Å². The summed E-state index contributed by atoms with van der Waals surface area (Å²) in [7, 11) is 0. The van der Waals surface area contributed by atoms with Gasteiger partial charge in [0.05, 0.1) is 12.7 Å². The number of piperazine rings is 1. The van der Waals surface area contributed by atoms with Gasteiger partial charge in [0.15, 0.2) is 0 Å². The zero-order valence-electron chi connectivity index (χ0n) is 14.7. The van der Waals surface area contributed by atoms with Crippen LogP contribution in [-0.4, -0.2) is 49.3 Å². The summed E-state index contributed by atoms with van der Waals surface area (Å²) in [6, 6.07) is 12.2. The molecule has 0 saturated carbocycles. The number of rotatable bonds is 6. The van der Waals surface area contributed by atoms with Crippen molar-refractivity contribution in [1.29, 1.82) is 0 Å². The quantitative estimate of drug-likeness (QED) is 0.856. The minimum absolute atomic E-state index is 0.185. The average Bonchev–Trinajstić information content (AvgIpc) is 2.62. The highest BCUT2D eigenvalue weighted by atomic mass is 16.5. The number of nitrogens with zero attached hydrogens (tertiary/aromatic N) is 1. The van der Waals surface area contributed by atoms with Crippen LogP contribution in [0.4, 0.5) is 0 Å². The molecular formula is C20H28N2O2. The topological polar surface area (TPSA) is 44.7 Å². The summed E-state index contributed by atoms with van der Waals surface area (Å²) in [6.45, 7) is 9.88. The maximum absolute atomic E-state index is 11.0. The Bertz CT molecular complexity index is 668. The van der Waals surface area contributed by atoms with Gasteiger partial charge in [-0.2, -0.15) is 0 Å². The molecule has 1 aliphatic heterocycles. The van der Waals surface area contributed by atoms with Gasteiger partial charge in [-0.1, -0.05) is 37.3 Å². The van der Waals surface area contributed by atoms with Crippen LogP contribution in [0.3, 0.4) is 0 Å². The number of hydrogen-bond donors (Lipinski definition) is 2. The molecule has 4 nitrogen and oxygen atoms in total. The van der Waals surface area contributed by atoms with Crippen molar-refractivity contribution in [3.63, 3.8) is 0 Å². The highest BCUT2D eigenvalue weighted by molar-refractivity contribution is 5.91. The zero-order valence-corrected chi connectivity index (χ0v) is 14.7. The fourth-order valence-corrected chi connectivity index (χ4v) is 3.54. The fraction of sp³-hybridized carbons (Fsp3) is 0.500. The van der Waals surface area contributed by atoms with E-state index in [0.717, 1.165) is 54.8 Å². The van der Waals surface area contributed by atoms with Gasteiger partial charge < -0.3 is 20.1 Å². The van der Waals surface area contributed by atoms with Crippen LogP contribution in [0, 0.1) is 5.92 Å². The third kappa shape index (κ3) is 3.72. The van der Waals surface area contributed by atoms with Crippen LogP contribution in [0.1, 0.15) is 25.5 Å². The molecule has 1 heterocycles. The molecule has 0 radical (unpaired) electrons. The SMILES string of the molecule is CCOc1ccc(C(O)C(C)CN2CCNCC2)c2ccccc12. The van der Waals surface area contributed by atoms with Gasteiger partial charge in [-0.15, -0.1) is 0 Å². The van der Waals surface area contributed by atoms with Crippen molar-refractivity contribution >= 4 is 10.8 Å². The summed E-state index contributed by atoms with van der Waals surface area (Å²) in [5, 5.41) is 16.5. The van der Waals surface area contributed by atoms with Gasteiger partial charge in [-0.05, 0) is 29.9 Å². The summed E-state index contributed by atoms with van der Waals surface area (Å²) in [6.07, 6.45) is -0.472. The fourth-order valence-electron chi connectivity index (χ4n) is 3.54. The molecule has 4 heteroatoms. The molecule has 0 bridgehead atoms. The average molecular weight is 328 g/mol. The predicted molar refractivity (Wildman–Crippen MR) is 98.6 cm³/mol. The van der Waals surface area contributed by atoms with Crippen LogP contribution in [0.15, 0.2) is 36.4 Å². The van der Waals surface area contributed by atoms with Crippen molar-refractivity contribution in [2.24, 2.45) is 5.92 Å². The largest absolute Gasteiger partial charge is 0.493 e. The number of aliphatic hydroxyl groups excluding tert-OH is 1. The van der Waals surface area contributed by atoms with Crippen molar-refractivity contribution in [3.05, 3.63) is 42.0 Å². The van der Waals surface area contributed by atoms with Gasteiger partial charge in [0, 0.05) is 38.1 Å². The van der Waals surface area contributed by atoms with E-state index in [9.17, 15) is 5.11 Å². The van der Waals surface area contributed by atoms with Crippen LogP contribution in [0.5, 0.6) is 5.75 Å². The van der Waals surface area contributed by atoms with E-state index in [1.165, 1.54) is 0 Å². The zero-order chi connectivity index (χ0) is 16.9. The Balaban J connectivity index is 1.83. The Hall–Kier alpha value is -1.62. The summed E-state index contributed by atoms with van der Waals surface area (Å²) < 4.78 is 5.74. The van der Waals surface area contributed by atoms with E-state index in [2.05, 4.69) is 29.3 Å². The van der Waals surface area contributed by atoms with E-state index in [1.54, 1.807) is 0 Å². The van der Waals surface area contributed by atoms with Crippen LogP contribution in [0.25, 0.3) is 10.8 Å². The van der Waals surface area contributed by atoms with Crippen molar-refractivity contribution in [3.8, 4) is 5.75 Å². The Morgan fingerprint density at radius 1 is 1.12 bits per heavy atom. The molecule has 0 spiro atoms. The Morgan fingerprint density at radius 2 is 1.83 bits per heavy atom. The normalized spacial score (nSPS) is 18.5. The first-order chi connectivity index (χ1) is 11.7. The van der Waals surface area contributed by atoms with Crippen molar-refractivity contribution in [2.75, 3.05) is 39.3 Å². The van der Waals surface area contributed by atoms with Crippen molar-refractivity contribution in [2.45, 2.75) is 20.0 Å². The number of aliphatic hydroxyl groups is 1. The molecule has 1 fully saturated rings. The maximum Gasteiger partial charge on any atom is 0.127 e. The highest BCUT2D eigenvalue weighted by Gasteiger charge is 2.22. The van der Waals surface area contributed by atoms with Gasteiger partial charge in [0.25, 0.3) is 0 Å². The van der Waals surface area contributed by atoms with Crippen LogP contribution < -0.4 is 10.1 Å². The monoisotopic (exact) mass is 328 g/mol. The standard InChI is InChI=1S/C20H28N2O2/c1-3-24-19-9-8-18(16-6-4-5-7-17(16)19)20(23)15(2)14-22-12-10-21-11-13-22/h4-9,15,20-21,23H,3,10-14H2,1-2H3. The summed E-state index contributed by atoms with van der Waals surface area (Å²) in [5.74, 6) is 1.07. The van der Waals surface area contributed by atoms with E-state index in [0.29, 0.717) is 6.61 Å². The van der Waals surface area contributed by atoms with E-state index >= 15 is 0 Å². The predicted octanol–water partition coefficient (Wildman–Crippen LogP) is 2.81. The second-order valence-corrected chi connectivity index (χ2v) is 6.60. The Kier molecular flexibility index (Phi) is 5.72. The molecule has 0 aromatic heterocycles. The molecular weight excluding hydrogens is 300 g/mol. The molecule has 130 valence electrons. The second kappa shape index (κ2) is 7.97. The van der Waals surface area contributed by atoms with Gasteiger partial charge in [0.2, 0.25) is 0 Å². The number of hydrogen-bond acceptors (Lipinski definition) is 4. The molecule has 2 atom stereocenters. The molecule has 2 aromatic carbocycles. The first kappa shape index (κ1) is 17.2. The highest BCUT2D eigenvalue weighted by Crippen LogP contribution is 2.34. The molecule has 3 rings (SSSR count). The summed E-state index contributed by atoms with van der Waals surface area (Å²) in [5.41, 5.74) is 0.997. The molecule has 0 aliphatic carbocycles. The number of nitrogens with one attached hydrogen (secondary N) is 1. The molecule has 1 aliphatic rings. The summed E-state index contributed by atoms with van der Waals surface area (Å²) in [4.78, 5) is 2.43. The minimum Gasteiger partial charge on any atom is -0.493 e. The third-order valence-electron chi connectivity index (χ3n) is 4.83. The van der Waals surface area contributed by atoms with Crippen molar-refractivity contribution in [1.82, 2.24) is 10.2 Å². The lowest BCUT2D eigenvalue weighted by molar-refractivity contribution is 0.0852. The van der Waals surface area contributed by atoms with Crippen LogP contribution in [0.2, 0.25) is 0 Å². The molecule has 2 N–H and O–H groups in total. The number of fused-ring (bicyclic) bond motifs is 1. The molecule has 1 saturated heterocycles. The lowest BCUT2D eigenvalue weighted by Gasteiger charge is -2.31. The molecule has 2 unspecified atom stereocenters. The molecule has 0 amide bonds. The molecule has 2 aromatic rings. The summed E-state index contributed by atoms with van der Waals surface area (Å²) >= 11 is 0. The smallest absolute Gasteiger partial charge is 0.127 e. The van der Waals surface area contributed by atoms with Gasteiger partial charge in [-0.25, -0.2) is 0 Å². The van der Waals surface area contributed by atoms with E-state index in [4.69, 9.17) is 4.74 Å². The lowest BCUT2D eigenvalue weighted by atomic mass is 9.92. The Morgan fingerprint density at radius 3 is 2.54 bits per heavy atom. The first-order valence-corrected chi connectivity index (χ1v) is 8.96. The third-order valence-corrected chi connectivity index (χ3v) is 4.83. The number of ether oxygens (including phenoxy) is 1. The maximum atomic E-state index is 11.0. The van der Waals surface area contributed by atoms with Gasteiger partial charge >= 0.3 is 0 Å². The molecule has 24 heavy (non-hydrogen) atoms. The van der Waals surface area contributed by atoms with Gasteiger partial charge in [-0.3, -0.25) is 0 Å². The first-order valence-electron chi connectivity index (χ1n) is 8.96. The van der Waals surface area contributed by atoms with E-state index in [-0.39, 0.29) is 5.92 Å². The van der Waals surface area contributed by atoms with E-state index in [1.807, 2.05) is 31.2 Å². The van der Waals surface area contributed by atoms with Gasteiger partial charge in [0.1, 0.15) is 5.75 Å². The minimum atomic E-state index is -0.472. The lowest BCUT2D eigenvalue weighted by Crippen LogP contribution is -2.45. The van der Waals surface area contributed by atoms with E-state index < -0.39 is 6.10 Å². The Labute approximate surface area is 144 Å². The van der Waals surface area contributed by atoms with Crippen LogP contribution >= 0.6 is 0 Å². The van der Waals surface area contributed by atoms with Crippen LogP contribution in [-0.2, 0) is 0 Å².